The maximum absolute atomic E-state index is 5.43. The zero-order chi connectivity index (χ0) is 18.8. The first-order valence-electron chi connectivity index (χ1n) is 8.88. The summed E-state index contributed by atoms with van der Waals surface area (Å²) in [5, 5.41) is 12.2. The van der Waals surface area contributed by atoms with Crippen LogP contribution in [0.15, 0.2) is 46.9 Å². The second kappa shape index (κ2) is 7.60. The van der Waals surface area contributed by atoms with Crippen molar-refractivity contribution >= 4 is 27.6 Å². The number of fused-ring (bicyclic) bond motifs is 1. The molecule has 1 unspecified atom stereocenters. The van der Waals surface area contributed by atoms with Crippen molar-refractivity contribution < 1.29 is 9.47 Å². The molecular weight excluding hydrogens is 408 g/mol. The Labute approximate surface area is 166 Å². The number of nitrogens with one attached hydrogen (secondary N) is 1. The van der Waals surface area contributed by atoms with Gasteiger partial charge in [-0.25, -0.2) is 0 Å². The number of methoxy groups -OCH3 is 2. The molecule has 2 aromatic carbocycles. The van der Waals surface area contributed by atoms with Gasteiger partial charge in [-0.2, -0.15) is 0 Å². The molecule has 0 saturated carbocycles. The van der Waals surface area contributed by atoms with Crippen LogP contribution in [-0.2, 0) is 6.42 Å². The van der Waals surface area contributed by atoms with Gasteiger partial charge in [0.05, 0.1) is 25.9 Å². The van der Waals surface area contributed by atoms with Crippen molar-refractivity contribution in [3.63, 3.8) is 0 Å². The molecule has 1 aromatic heterocycles. The van der Waals surface area contributed by atoms with E-state index >= 15 is 0 Å². The highest BCUT2D eigenvalue weighted by atomic mass is 79.9. The molecule has 4 rings (SSSR count). The van der Waals surface area contributed by atoms with Gasteiger partial charge in [-0.1, -0.05) is 30.3 Å². The SMILES string of the molecule is COc1cc(Br)c(Nc2nnc3n2C(c2ccccc2)CCC3)cc1OC. The molecule has 2 heterocycles. The number of hydrogen-bond acceptors (Lipinski definition) is 5. The zero-order valence-electron chi connectivity index (χ0n) is 15.3. The zero-order valence-corrected chi connectivity index (χ0v) is 16.9. The van der Waals surface area contributed by atoms with Crippen molar-refractivity contribution in [3.05, 3.63) is 58.3 Å². The van der Waals surface area contributed by atoms with E-state index in [4.69, 9.17) is 9.47 Å². The Bertz CT molecular complexity index is 943. The fraction of sp³-hybridized carbons (Fsp3) is 0.300. The molecule has 1 atom stereocenters. The highest BCUT2D eigenvalue weighted by Gasteiger charge is 2.26. The van der Waals surface area contributed by atoms with Crippen LogP contribution in [-0.4, -0.2) is 29.0 Å². The number of ether oxygens (including phenoxy) is 2. The van der Waals surface area contributed by atoms with Crippen LogP contribution < -0.4 is 14.8 Å². The summed E-state index contributed by atoms with van der Waals surface area (Å²) >= 11 is 3.60. The van der Waals surface area contributed by atoms with Crippen LogP contribution >= 0.6 is 15.9 Å². The molecule has 1 aliphatic rings. The summed E-state index contributed by atoms with van der Waals surface area (Å²) in [6, 6.07) is 14.5. The molecule has 0 bridgehead atoms. The van der Waals surface area contributed by atoms with E-state index in [9.17, 15) is 0 Å². The first kappa shape index (κ1) is 17.9. The standard InChI is InChI=1S/C20H21BrN4O2/c1-26-17-11-14(21)15(12-18(17)27-2)22-20-24-23-19-10-6-9-16(25(19)20)13-7-4-3-5-8-13/h3-5,7-8,11-12,16H,6,9-10H2,1-2H3,(H,22,24). The molecule has 0 fully saturated rings. The van der Waals surface area contributed by atoms with Crippen LogP contribution in [0.3, 0.4) is 0 Å². The topological polar surface area (TPSA) is 61.2 Å². The summed E-state index contributed by atoms with van der Waals surface area (Å²) in [6.45, 7) is 0. The number of anilines is 2. The fourth-order valence-corrected chi connectivity index (χ4v) is 3.97. The molecule has 140 valence electrons. The average molecular weight is 429 g/mol. The largest absolute Gasteiger partial charge is 0.493 e. The van der Waals surface area contributed by atoms with E-state index in [2.05, 4.69) is 60.3 Å². The summed E-state index contributed by atoms with van der Waals surface area (Å²) in [5.41, 5.74) is 2.12. The van der Waals surface area contributed by atoms with Crippen LogP contribution in [0.2, 0.25) is 0 Å². The smallest absolute Gasteiger partial charge is 0.229 e. The number of aromatic nitrogens is 3. The molecule has 0 amide bonds. The Morgan fingerprint density at radius 3 is 2.56 bits per heavy atom. The third kappa shape index (κ3) is 3.39. The second-order valence-electron chi connectivity index (χ2n) is 6.44. The third-order valence-electron chi connectivity index (χ3n) is 4.86. The van der Waals surface area contributed by atoms with Gasteiger partial charge in [-0.15, -0.1) is 10.2 Å². The van der Waals surface area contributed by atoms with E-state index in [1.807, 2.05) is 18.2 Å². The van der Waals surface area contributed by atoms with E-state index in [1.54, 1.807) is 14.2 Å². The van der Waals surface area contributed by atoms with Gasteiger partial charge < -0.3 is 14.8 Å². The number of halogens is 1. The van der Waals surface area contributed by atoms with Crippen molar-refractivity contribution in [1.82, 2.24) is 14.8 Å². The van der Waals surface area contributed by atoms with Gasteiger partial charge >= 0.3 is 0 Å². The summed E-state index contributed by atoms with van der Waals surface area (Å²) in [6.07, 6.45) is 3.11. The third-order valence-corrected chi connectivity index (χ3v) is 5.52. The molecule has 6 nitrogen and oxygen atoms in total. The summed E-state index contributed by atoms with van der Waals surface area (Å²) in [5.74, 6) is 3.06. The molecule has 7 heteroatoms. The van der Waals surface area contributed by atoms with E-state index < -0.39 is 0 Å². The van der Waals surface area contributed by atoms with Gasteiger partial charge in [-0.3, -0.25) is 4.57 Å². The monoisotopic (exact) mass is 428 g/mol. The molecular formula is C20H21BrN4O2. The van der Waals surface area contributed by atoms with Crippen molar-refractivity contribution in [2.45, 2.75) is 25.3 Å². The summed E-state index contributed by atoms with van der Waals surface area (Å²) in [7, 11) is 3.25. The lowest BCUT2D eigenvalue weighted by molar-refractivity contribution is 0.355. The fourth-order valence-electron chi connectivity index (χ4n) is 3.55. The summed E-state index contributed by atoms with van der Waals surface area (Å²) < 4.78 is 13.9. The Morgan fingerprint density at radius 1 is 1.07 bits per heavy atom. The van der Waals surface area contributed by atoms with Crippen molar-refractivity contribution in [2.75, 3.05) is 19.5 Å². The van der Waals surface area contributed by atoms with Crippen LogP contribution in [0.1, 0.15) is 30.3 Å². The maximum Gasteiger partial charge on any atom is 0.229 e. The number of aryl methyl sites for hydroxylation is 1. The number of benzene rings is 2. The second-order valence-corrected chi connectivity index (χ2v) is 7.29. The number of hydrogen-bond donors (Lipinski definition) is 1. The molecule has 0 radical (unpaired) electrons. The molecule has 3 aromatic rings. The van der Waals surface area contributed by atoms with E-state index in [1.165, 1.54) is 5.56 Å². The van der Waals surface area contributed by atoms with Gasteiger partial charge in [0.25, 0.3) is 0 Å². The lowest BCUT2D eigenvalue weighted by Crippen LogP contribution is -2.20. The Morgan fingerprint density at radius 2 is 1.81 bits per heavy atom. The number of nitrogens with zero attached hydrogens (tertiary/aromatic N) is 3. The molecule has 0 saturated heterocycles. The first-order chi connectivity index (χ1) is 13.2. The first-order valence-corrected chi connectivity index (χ1v) is 9.68. The lowest BCUT2D eigenvalue weighted by Gasteiger charge is -2.26. The van der Waals surface area contributed by atoms with Crippen molar-refractivity contribution in [3.8, 4) is 11.5 Å². The molecule has 27 heavy (non-hydrogen) atoms. The van der Waals surface area contributed by atoms with E-state index in [0.717, 1.165) is 41.2 Å². The molecule has 0 aliphatic carbocycles. The Hall–Kier alpha value is -2.54. The summed E-state index contributed by atoms with van der Waals surface area (Å²) in [4.78, 5) is 0. The Balaban J connectivity index is 1.72. The van der Waals surface area contributed by atoms with E-state index in [0.29, 0.717) is 11.5 Å². The quantitative estimate of drug-likeness (QED) is 0.636. The van der Waals surface area contributed by atoms with Crippen LogP contribution in [0, 0.1) is 0 Å². The van der Waals surface area contributed by atoms with Crippen LogP contribution in [0.4, 0.5) is 11.6 Å². The maximum atomic E-state index is 5.43. The predicted octanol–water partition coefficient (Wildman–Crippen LogP) is 4.73. The molecule has 0 spiro atoms. The molecule has 1 aliphatic heterocycles. The van der Waals surface area contributed by atoms with Gasteiger partial charge in [0.1, 0.15) is 5.82 Å². The molecule has 1 N–H and O–H groups in total. The average Bonchev–Trinajstić information content (AvgIpc) is 3.13. The lowest BCUT2D eigenvalue weighted by atomic mass is 9.97. The number of rotatable bonds is 5. The van der Waals surface area contributed by atoms with Crippen LogP contribution in [0.5, 0.6) is 11.5 Å². The minimum absolute atomic E-state index is 0.228. The van der Waals surface area contributed by atoms with E-state index in [-0.39, 0.29) is 6.04 Å². The van der Waals surface area contributed by atoms with Gasteiger partial charge in [0.2, 0.25) is 5.95 Å². The minimum Gasteiger partial charge on any atom is -0.493 e. The van der Waals surface area contributed by atoms with Crippen molar-refractivity contribution in [1.29, 1.82) is 0 Å². The normalized spacial score (nSPS) is 15.9. The van der Waals surface area contributed by atoms with Crippen LogP contribution in [0.25, 0.3) is 0 Å². The van der Waals surface area contributed by atoms with Crippen molar-refractivity contribution in [2.24, 2.45) is 0 Å². The van der Waals surface area contributed by atoms with Gasteiger partial charge in [0.15, 0.2) is 11.5 Å². The highest BCUT2D eigenvalue weighted by molar-refractivity contribution is 9.10. The predicted molar refractivity (Wildman–Crippen MR) is 108 cm³/mol. The van der Waals surface area contributed by atoms with Gasteiger partial charge in [0, 0.05) is 23.0 Å². The Kier molecular flexibility index (Phi) is 5.03. The van der Waals surface area contributed by atoms with Gasteiger partial charge in [-0.05, 0) is 34.3 Å². The minimum atomic E-state index is 0.228. The highest BCUT2D eigenvalue weighted by Crippen LogP contribution is 2.39.